The van der Waals surface area contributed by atoms with Crippen molar-refractivity contribution in [1.29, 1.82) is 0 Å². The first-order chi connectivity index (χ1) is 9.32. The zero-order chi connectivity index (χ0) is 15.0. The van der Waals surface area contributed by atoms with Crippen molar-refractivity contribution in [3.8, 4) is 5.75 Å². The molecule has 1 heterocycles. The fraction of sp³-hybridized carbons (Fsp3) is 0.538. The number of methoxy groups -OCH3 is 1. The van der Waals surface area contributed by atoms with E-state index in [1.54, 1.807) is 0 Å². The van der Waals surface area contributed by atoms with Crippen molar-refractivity contribution >= 4 is 21.6 Å². The summed E-state index contributed by atoms with van der Waals surface area (Å²) in [7, 11) is -2.26. The van der Waals surface area contributed by atoms with Gasteiger partial charge in [-0.25, -0.2) is 8.42 Å². The number of benzene rings is 1. The number of ether oxygens (including phenoxy) is 1. The predicted octanol–water partition coefficient (Wildman–Crippen LogP) is 1.88. The van der Waals surface area contributed by atoms with Crippen LogP contribution in [-0.4, -0.2) is 43.6 Å². The molecule has 2 rings (SSSR count). The number of aliphatic hydroxyl groups is 1. The van der Waals surface area contributed by atoms with E-state index >= 15 is 0 Å². The molecule has 0 spiro atoms. The number of nitrogens with zero attached hydrogens (tertiary/aromatic N) is 1. The lowest BCUT2D eigenvalue weighted by Crippen LogP contribution is -2.63. The van der Waals surface area contributed by atoms with E-state index in [1.807, 2.05) is 6.92 Å². The largest absolute Gasteiger partial charge is 0.495 e. The van der Waals surface area contributed by atoms with E-state index in [1.165, 1.54) is 29.6 Å². The molecule has 0 radical (unpaired) electrons. The first-order valence-corrected chi connectivity index (χ1v) is 8.20. The van der Waals surface area contributed by atoms with Gasteiger partial charge in [-0.05, 0) is 18.6 Å². The summed E-state index contributed by atoms with van der Waals surface area (Å²) in [5.74, 6) is 0.212. The number of halogens is 1. The van der Waals surface area contributed by atoms with Crippen molar-refractivity contribution in [2.75, 3.05) is 20.2 Å². The summed E-state index contributed by atoms with van der Waals surface area (Å²) in [6, 6.07) is 4.40. The van der Waals surface area contributed by atoms with E-state index in [2.05, 4.69) is 0 Å². The molecule has 0 aliphatic carbocycles. The molecule has 0 atom stereocenters. The molecule has 1 aromatic rings. The molecule has 1 aliphatic heterocycles. The van der Waals surface area contributed by atoms with Crippen molar-refractivity contribution in [2.45, 2.75) is 30.3 Å². The van der Waals surface area contributed by atoms with Gasteiger partial charge in [0.2, 0.25) is 10.0 Å². The van der Waals surface area contributed by atoms with Crippen LogP contribution in [0.4, 0.5) is 0 Å². The summed E-state index contributed by atoms with van der Waals surface area (Å²) < 4.78 is 31.3. The van der Waals surface area contributed by atoms with Crippen LogP contribution < -0.4 is 4.74 Å². The van der Waals surface area contributed by atoms with Crippen molar-refractivity contribution in [3.05, 3.63) is 23.2 Å². The Morgan fingerprint density at radius 1 is 1.45 bits per heavy atom. The molecule has 0 saturated carbocycles. The Kier molecular flexibility index (Phi) is 4.30. The summed E-state index contributed by atoms with van der Waals surface area (Å²) in [6.07, 6.45) is 1.41. The highest BCUT2D eigenvalue weighted by Crippen LogP contribution is 2.35. The molecule has 1 aromatic carbocycles. The number of hydrogen-bond donors (Lipinski definition) is 1. The van der Waals surface area contributed by atoms with Crippen LogP contribution in [0.5, 0.6) is 5.75 Å². The minimum Gasteiger partial charge on any atom is -0.495 e. The van der Waals surface area contributed by atoms with Crippen molar-refractivity contribution in [1.82, 2.24) is 4.31 Å². The van der Waals surface area contributed by atoms with Crippen LogP contribution in [0.1, 0.15) is 19.8 Å². The SMILES string of the molecule is CCCC1(O)CN(S(=O)(=O)c2ccc(Cl)cc2OC)C1. The smallest absolute Gasteiger partial charge is 0.246 e. The van der Waals surface area contributed by atoms with Gasteiger partial charge in [-0.1, -0.05) is 24.9 Å². The van der Waals surface area contributed by atoms with Crippen molar-refractivity contribution < 1.29 is 18.3 Å². The molecule has 1 fully saturated rings. The third-order valence-electron chi connectivity index (χ3n) is 3.40. The maximum absolute atomic E-state index is 12.5. The maximum Gasteiger partial charge on any atom is 0.246 e. The lowest BCUT2D eigenvalue weighted by molar-refractivity contribution is -0.0653. The van der Waals surface area contributed by atoms with Gasteiger partial charge in [0.05, 0.1) is 12.7 Å². The number of rotatable bonds is 5. The average molecular weight is 320 g/mol. The quantitative estimate of drug-likeness (QED) is 0.900. The molecular weight excluding hydrogens is 302 g/mol. The van der Waals surface area contributed by atoms with Crippen LogP contribution in [0.2, 0.25) is 5.02 Å². The highest BCUT2D eigenvalue weighted by atomic mass is 35.5. The van der Waals surface area contributed by atoms with E-state index in [0.29, 0.717) is 11.4 Å². The predicted molar refractivity (Wildman–Crippen MR) is 76.6 cm³/mol. The Morgan fingerprint density at radius 2 is 2.10 bits per heavy atom. The fourth-order valence-corrected chi connectivity index (χ4v) is 4.29. The van der Waals surface area contributed by atoms with Gasteiger partial charge in [0.25, 0.3) is 0 Å². The van der Waals surface area contributed by atoms with Gasteiger partial charge < -0.3 is 9.84 Å². The first-order valence-electron chi connectivity index (χ1n) is 6.38. The van der Waals surface area contributed by atoms with Crippen molar-refractivity contribution in [3.63, 3.8) is 0 Å². The van der Waals surface area contributed by atoms with Gasteiger partial charge in [-0.2, -0.15) is 4.31 Å². The highest BCUT2D eigenvalue weighted by molar-refractivity contribution is 7.89. The van der Waals surface area contributed by atoms with E-state index in [9.17, 15) is 13.5 Å². The Bertz CT molecular complexity index is 596. The number of β-amino-alcohol motifs (C(OH)–C–C–N with tert-alkyl or cyclic N) is 1. The van der Waals surface area contributed by atoms with Crippen LogP contribution >= 0.6 is 11.6 Å². The Morgan fingerprint density at radius 3 is 2.65 bits per heavy atom. The Balaban J connectivity index is 2.25. The highest BCUT2D eigenvalue weighted by Gasteiger charge is 2.47. The molecule has 1 saturated heterocycles. The third-order valence-corrected chi connectivity index (χ3v) is 5.47. The van der Waals surface area contributed by atoms with Gasteiger partial charge in [0.1, 0.15) is 10.6 Å². The summed E-state index contributed by atoms with van der Waals surface area (Å²) in [5, 5.41) is 10.5. The van der Waals surface area contributed by atoms with Crippen molar-refractivity contribution in [2.24, 2.45) is 0 Å². The van der Waals surface area contributed by atoms with E-state index in [-0.39, 0.29) is 23.7 Å². The second kappa shape index (κ2) is 5.52. The van der Waals surface area contributed by atoms with Crippen LogP contribution in [0, 0.1) is 0 Å². The fourth-order valence-electron chi connectivity index (χ4n) is 2.40. The average Bonchev–Trinajstić information content (AvgIpc) is 2.35. The monoisotopic (exact) mass is 319 g/mol. The van der Waals surface area contributed by atoms with Crippen LogP contribution in [-0.2, 0) is 10.0 Å². The molecule has 1 aliphatic rings. The third kappa shape index (κ3) is 2.79. The molecule has 0 unspecified atom stereocenters. The van der Waals surface area contributed by atoms with Gasteiger partial charge >= 0.3 is 0 Å². The molecule has 0 amide bonds. The number of hydrogen-bond acceptors (Lipinski definition) is 4. The Labute approximate surface area is 124 Å². The lowest BCUT2D eigenvalue weighted by atomic mass is 9.92. The molecule has 1 N–H and O–H groups in total. The Hall–Kier alpha value is -0.820. The molecule has 0 bridgehead atoms. The second-order valence-corrected chi connectivity index (χ2v) is 7.39. The first kappa shape index (κ1) is 15.6. The van der Waals surface area contributed by atoms with Gasteiger partial charge in [-0.15, -0.1) is 0 Å². The van der Waals surface area contributed by atoms with Crippen LogP contribution in [0.15, 0.2) is 23.1 Å². The van der Waals surface area contributed by atoms with Gasteiger partial charge in [0, 0.05) is 24.2 Å². The van der Waals surface area contributed by atoms with Crippen LogP contribution in [0.25, 0.3) is 0 Å². The molecule has 20 heavy (non-hydrogen) atoms. The van der Waals surface area contributed by atoms with E-state index in [0.717, 1.165) is 6.42 Å². The van der Waals surface area contributed by atoms with Crippen LogP contribution in [0.3, 0.4) is 0 Å². The molecule has 112 valence electrons. The lowest BCUT2D eigenvalue weighted by Gasteiger charge is -2.45. The summed E-state index contributed by atoms with van der Waals surface area (Å²) >= 11 is 5.83. The minimum absolute atomic E-state index is 0.0722. The normalized spacial score (nSPS) is 18.6. The summed E-state index contributed by atoms with van der Waals surface area (Å²) in [4.78, 5) is 0.0722. The van der Waals surface area contributed by atoms with Gasteiger partial charge in [-0.3, -0.25) is 0 Å². The van der Waals surface area contributed by atoms with E-state index < -0.39 is 15.6 Å². The minimum atomic E-state index is -3.66. The van der Waals surface area contributed by atoms with E-state index in [4.69, 9.17) is 16.3 Å². The second-order valence-electron chi connectivity index (χ2n) is 5.04. The molecular formula is C13H18ClNO4S. The number of sulfonamides is 1. The zero-order valence-corrected chi connectivity index (χ0v) is 13.0. The molecule has 5 nitrogen and oxygen atoms in total. The standard InChI is InChI=1S/C13H18ClNO4S/c1-3-6-13(16)8-15(9-13)20(17,18)12-5-4-10(14)7-11(12)19-2/h4-5,7,16H,3,6,8-9H2,1-2H3. The molecule has 7 heteroatoms. The topological polar surface area (TPSA) is 66.8 Å². The zero-order valence-electron chi connectivity index (χ0n) is 11.5. The summed E-state index contributed by atoms with van der Waals surface area (Å²) in [5.41, 5.74) is -0.901. The van der Waals surface area contributed by atoms with Gasteiger partial charge in [0.15, 0.2) is 0 Å². The summed E-state index contributed by atoms with van der Waals surface area (Å²) in [6.45, 7) is 2.20. The molecule has 0 aromatic heterocycles. The maximum atomic E-state index is 12.5.